The van der Waals surface area contributed by atoms with E-state index < -0.39 is 12.1 Å². The van der Waals surface area contributed by atoms with Crippen LogP contribution in [0.1, 0.15) is 38.4 Å². The number of benzene rings is 1. The van der Waals surface area contributed by atoms with E-state index >= 15 is 0 Å². The minimum atomic E-state index is -0.916. The molecule has 0 spiro atoms. The topological polar surface area (TPSA) is 86.6 Å². The highest BCUT2D eigenvalue weighted by molar-refractivity contribution is 5.80. The van der Waals surface area contributed by atoms with Crippen LogP contribution in [0.4, 0.5) is 0 Å². The first-order valence-corrected chi connectivity index (χ1v) is 6.50. The SMILES string of the molecule is CC(=O)CCC(=O)O.CN[C@@H](C)[C@H](O)c1ccccc1. The van der Waals surface area contributed by atoms with Crippen molar-refractivity contribution in [1.82, 2.24) is 5.32 Å². The van der Waals surface area contributed by atoms with Crippen LogP contribution in [0, 0.1) is 0 Å². The lowest BCUT2D eigenvalue weighted by Gasteiger charge is -2.17. The number of Topliss-reactive ketones (excluding diaryl/α,β-unsaturated/α-hetero) is 1. The first kappa shape index (κ1) is 18.3. The normalized spacial score (nSPS) is 12.8. The van der Waals surface area contributed by atoms with Gasteiger partial charge < -0.3 is 20.3 Å². The molecule has 3 N–H and O–H groups in total. The van der Waals surface area contributed by atoms with E-state index in [1.54, 1.807) is 0 Å². The number of hydrogen-bond donors (Lipinski definition) is 3. The zero-order valence-electron chi connectivity index (χ0n) is 12.2. The van der Waals surface area contributed by atoms with E-state index in [2.05, 4.69) is 5.32 Å². The maximum Gasteiger partial charge on any atom is 0.303 e. The van der Waals surface area contributed by atoms with Crippen molar-refractivity contribution in [2.45, 2.75) is 38.8 Å². The molecular weight excluding hydrogens is 258 g/mol. The van der Waals surface area contributed by atoms with E-state index in [1.807, 2.05) is 44.3 Å². The molecule has 0 radical (unpaired) electrons. The van der Waals surface area contributed by atoms with Crippen LogP contribution in [0.25, 0.3) is 0 Å². The molecule has 0 heterocycles. The highest BCUT2D eigenvalue weighted by Gasteiger charge is 2.12. The van der Waals surface area contributed by atoms with Gasteiger partial charge in [0.1, 0.15) is 5.78 Å². The molecule has 0 amide bonds. The number of carbonyl (C=O) groups is 2. The largest absolute Gasteiger partial charge is 0.481 e. The van der Waals surface area contributed by atoms with Crippen LogP contribution in [-0.2, 0) is 9.59 Å². The summed E-state index contributed by atoms with van der Waals surface area (Å²) in [6, 6.07) is 9.76. The third-order valence-corrected chi connectivity index (χ3v) is 2.76. The monoisotopic (exact) mass is 281 g/mol. The summed E-state index contributed by atoms with van der Waals surface area (Å²) in [4.78, 5) is 19.8. The Kier molecular flexibility index (Phi) is 9.24. The zero-order chi connectivity index (χ0) is 15.5. The Labute approximate surface area is 119 Å². The molecule has 0 aliphatic rings. The molecule has 1 aromatic carbocycles. The molecule has 20 heavy (non-hydrogen) atoms. The van der Waals surface area contributed by atoms with E-state index in [1.165, 1.54) is 6.92 Å². The number of ketones is 1. The highest BCUT2D eigenvalue weighted by atomic mass is 16.4. The predicted molar refractivity (Wildman–Crippen MR) is 77.5 cm³/mol. The number of hydrogen-bond acceptors (Lipinski definition) is 4. The van der Waals surface area contributed by atoms with Gasteiger partial charge in [-0.2, -0.15) is 0 Å². The minimum absolute atomic E-state index is 0.0463. The van der Waals surface area contributed by atoms with E-state index in [0.29, 0.717) is 0 Å². The van der Waals surface area contributed by atoms with Gasteiger partial charge in [0.2, 0.25) is 0 Å². The number of carboxylic acid groups (broad SMARTS) is 1. The van der Waals surface area contributed by atoms with Gasteiger partial charge in [-0.25, -0.2) is 0 Å². The summed E-state index contributed by atoms with van der Waals surface area (Å²) in [5.41, 5.74) is 0.958. The van der Waals surface area contributed by atoms with Crippen LogP contribution in [0.5, 0.6) is 0 Å². The summed E-state index contributed by atoms with van der Waals surface area (Å²) in [5.74, 6) is -0.993. The van der Waals surface area contributed by atoms with Crippen LogP contribution in [0.15, 0.2) is 30.3 Å². The average molecular weight is 281 g/mol. The molecule has 0 aromatic heterocycles. The lowest BCUT2D eigenvalue weighted by Crippen LogP contribution is -2.28. The number of aliphatic hydroxyl groups excluding tert-OH is 1. The van der Waals surface area contributed by atoms with Crippen molar-refractivity contribution >= 4 is 11.8 Å². The van der Waals surface area contributed by atoms with Crippen molar-refractivity contribution in [3.8, 4) is 0 Å². The van der Waals surface area contributed by atoms with Gasteiger partial charge in [0, 0.05) is 12.5 Å². The lowest BCUT2D eigenvalue weighted by molar-refractivity contribution is -0.138. The van der Waals surface area contributed by atoms with Crippen molar-refractivity contribution in [1.29, 1.82) is 0 Å². The second kappa shape index (κ2) is 10.1. The third-order valence-electron chi connectivity index (χ3n) is 2.76. The van der Waals surface area contributed by atoms with Gasteiger partial charge in [0.15, 0.2) is 0 Å². The number of carbonyl (C=O) groups excluding carboxylic acids is 1. The van der Waals surface area contributed by atoms with Gasteiger partial charge in [-0.05, 0) is 26.5 Å². The quantitative estimate of drug-likeness (QED) is 0.739. The summed E-state index contributed by atoms with van der Waals surface area (Å²) in [5, 5.41) is 20.7. The molecular formula is C15H23NO4. The van der Waals surface area contributed by atoms with Gasteiger partial charge in [-0.15, -0.1) is 0 Å². The fourth-order valence-corrected chi connectivity index (χ4v) is 1.38. The van der Waals surface area contributed by atoms with E-state index in [9.17, 15) is 14.7 Å². The number of rotatable bonds is 6. The van der Waals surface area contributed by atoms with Gasteiger partial charge in [-0.1, -0.05) is 30.3 Å². The molecule has 5 nitrogen and oxygen atoms in total. The van der Waals surface area contributed by atoms with E-state index in [4.69, 9.17) is 5.11 Å². The molecule has 0 saturated carbocycles. The summed E-state index contributed by atoms with van der Waals surface area (Å²) in [6.45, 7) is 3.33. The molecule has 2 atom stereocenters. The van der Waals surface area contributed by atoms with Gasteiger partial charge in [0.05, 0.1) is 12.5 Å². The summed E-state index contributed by atoms with van der Waals surface area (Å²) >= 11 is 0. The van der Waals surface area contributed by atoms with E-state index in [-0.39, 0.29) is 24.7 Å². The number of carboxylic acids is 1. The Morgan fingerprint density at radius 3 is 2.10 bits per heavy atom. The first-order chi connectivity index (χ1) is 9.38. The van der Waals surface area contributed by atoms with Crippen LogP contribution in [0.3, 0.4) is 0 Å². The molecule has 1 rings (SSSR count). The second-order valence-electron chi connectivity index (χ2n) is 4.53. The summed E-state index contributed by atoms with van der Waals surface area (Å²) < 4.78 is 0. The van der Waals surface area contributed by atoms with Crippen LogP contribution in [0.2, 0.25) is 0 Å². The minimum Gasteiger partial charge on any atom is -0.481 e. The molecule has 1 aromatic rings. The molecule has 0 aliphatic carbocycles. The number of aliphatic hydroxyl groups is 1. The van der Waals surface area contributed by atoms with Crippen molar-refractivity contribution < 1.29 is 19.8 Å². The van der Waals surface area contributed by atoms with Crippen molar-refractivity contribution in [2.24, 2.45) is 0 Å². The van der Waals surface area contributed by atoms with Gasteiger partial charge >= 0.3 is 5.97 Å². The molecule has 0 unspecified atom stereocenters. The summed E-state index contributed by atoms with van der Waals surface area (Å²) in [6.07, 6.45) is -0.318. The molecule has 0 bridgehead atoms. The van der Waals surface area contributed by atoms with Gasteiger partial charge in [0.25, 0.3) is 0 Å². The third kappa shape index (κ3) is 8.39. The Bertz CT molecular complexity index is 392. The van der Waals surface area contributed by atoms with Crippen molar-refractivity contribution in [3.63, 3.8) is 0 Å². The smallest absolute Gasteiger partial charge is 0.303 e. The van der Waals surface area contributed by atoms with Crippen molar-refractivity contribution in [3.05, 3.63) is 35.9 Å². The molecule has 112 valence electrons. The maximum atomic E-state index is 10.1. The Morgan fingerprint density at radius 1 is 1.20 bits per heavy atom. The Balaban J connectivity index is 0.000000396. The van der Waals surface area contributed by atoms with Crippen LogP contribution in [-0.4, -0.2) is 35.1 Å². The molecule has 5 heteroatoms. The highest BCUT2D eigenvalue weighted by Crippen LogP contribution is 2.15. The summed E-state index contributed by atoms with van der Waals surface area (Å²) in [7, 11) is 1.84. The fourth-order valence-electron chi connectivity index (χ4n) is 1.38. The predicted octanol–water partition coefficient (Wildman–Crippen LogP) is 1.77. The van der Waals surface area contributed by atoms with Crippen molar-refractivity contribution in [2.75, 3.05) is 7.05 Å². The lowest BCUT2D eigenvalue weighted by atomic mass is 10.0. The molecule has 0 aliphatic heterocycles. The first-order valence-electron chi connectivity index (χ1n) is 6.50. The van der Waals surface area contributed by atoms with Crippen LogP contribution >= 0.6 is 0 Å². The zero-order valence-corrected chi connectivity index (χ0v) is 12.2. The maximum absolute atomic E-state index is 10.1. The molecule has 0 fully saturated rings. The van der Waals surface area contributed by atoms with Gasteiger partial charge in [-0.3, -0.25) is 4.79 Å². The number of likely N-dealkylation sites (N-methyl/N-ethyl adjacent to an activating group) is 1. The van der Waals surface area contributed by atoms with E-state index in [0.717, 1.165) is 5.56 Å². The van der Waals surface area contributed by atoms with Crippen LogP contribution < -0.4 is 5.32 Å². The fraction of sp³-hybridized carbons (Fsp3) is 0.467. The Morgan fingerprint density at radius 2 is 1.75 bits per heavy atom. The number of nitrogens with one attached hydrogen (secondary N) is 1. The average Bonchev–Trinajstić information content (AvgIpc) is 2.45. The molecule has 0 saturated heterocycles. The number of aliphatic carboxylic acids is 1. The Hall–Kier alpha value is -1.72. The standard InChI is InChI=1S/C10H15NO.C5H8O3/c1-8(11-2)10(12)9-6-4-3-5-7-9;1-4(6)2-3-5(7)8/h3-8,10-12H,1-2H3;2-3H2,1H3,(H,7,8)/t8-,10-;/m0./s1. The second-order valence-corrected chi connectivity index (χ2v) is 4.53.